The van der Waals surface area contributed by atoms with Crippen molar-refractivity contribution in [2.75, 3.05) is 30.8 Å². The van der Waals surface area contributed by atoms with Crippen molar-refractivity contribution >= 4 is 28.4 Å². The third-order valence-electron chi connectivity index (χ3n) is 7.91. The van der Waals surface area contributed by atoms with E-state index in [0.29, 0.717) is 17.4 Å². The zero-order valence-electron chi connectivity index (χ0n) is 21.4. The molecule has 1 saturated heterocycles. The predicted octanol–water partition coefficient (Wildman–Crippen LogP) is 5.38. The van der Waals surface area contributed by atoms with E-state index in [2.05, 4.69) is 48.4 Å². The maximum absolute atomic E-state index is 12.9. The molecule has 0 unspecified atom stereocenters. The molecule has 8 heteroatoms. The number of nitrogens with zero attached hydrogens (tertiary/aromatic N) is 4. The van der Waals surface area contributed by atoms with E-state index < -0.39 is 0 Å². The smallest absolute Gasteiger partial charge is 0.256 e. The maximum Gasteiger partial charge on any atom is 0.256 e. The molecule has 3 N–H and O–H groups in total. The number of hydrogen-bond donors (Lipinski definition) is 3. The average Bonchev–Trinajstić information content (AvgIpc) is 3.68. The maximum atomic E-state index is 12.9. The van der Waals surface area contributed by atoms with Gasteiger partial charge in [0.2, 0.25) is 0 Å². The summed E-state index contributed by atoms with van der Waals surface area (Å²) in [6.45, 7) is 3.25. The number of fused-ring (bicyclic) bond motifs is 1. The Morgan fingerprint density at radius 2 is 1.81 bits per heavy atom. The lowest BCUT2D eigenvalue weighted by molar-refractivity contribution is 0.102. The number of amides is 1. The van der Waals surface area contributed by atoms with Gasteiger partial charge in [-0.3, -0.25) is 9.89 Å². The van der Waals surface area contributed by atoms with Crippen LogP contribution in [0.25, 0.3) is 22.3 Å². The second-order valence-corrected chi connectivity index (χ2v) is 10.7. The lowest BCUT2D eigenvalue weighted by Gasteiger charge is -2.30. The monoisotopic (exact) mass is 497 g/mol. The van der Waals surface area contributed by atoms with Crippen LogP contribution in [0, 0.1) is 5.92 Å². The molecule has 2 aromatic carbocycles. The predicted molar refractivity (Wildman–Crippen MR) is 148 cm³/mol. The lowest BCUT2D eigenvalue weighted by Crippen LogP contribution is -2.36. The highest BCUT2D eigenvalue weighted by Crippen LogP contribution is 2.29. The van der Waals surface area contributed by atoms with E-state index in [4.69, 9.17) is 0 Å². The summed E-state index contributed by atoms with van der Waals surface area (Å²) in [5, 5.41) is 14.0. The van der Waals surface area contributed by atoms with Gasteiger partial charge in [-0.2, -0.15) is 5.10 Å². The van der Waals surface area contributed by atoms with E-state index in [1.807, 2.05) is 48.8 Å². The van der Waals surface area contributed by atoms with Gasteiger partial charge in [-0.25, -0.2) is 4.98 Å². The Kier molecular flexibility index (Phi) is 6.66. The van der Waals surface area contributed by atoms with Crippen LogP contribution in [0.4, 0.5) is 11.5 Å². The number of hydrogen-bond acceptors (Lipinski definition) is 5. The Morgan fingerprint density at radius 1 is 1.03 bits per heavy atom. The van der Waals surface area contributed by atoms with Gasteiger partial charge < -0.3 is 20.1 Å². The Hall–Kier alpha value is -3.65. The molecule has 2 fully saturated rings. The SMILES string of the molecule is CN1CCC(Nc2ccc(C(=O)Nc3cc(-c4ccc5ncn(CC6CCCC6)c5c4)n[nH]3)cc2)CC1. The van der Waals surface area contributed by atoms with Crippen LogP contribution in [-0.4, -0.2) is 56.7 Å². The first-order valence-electron chi connectivity index (χ1n) is 13.5. The van der Waals surface area contributed by atoms with Crippen molar-refractivity contribution in [3.63, 3.8) is 0 Å². The van der Waals surface area contributed by atoms with Gasteiger partial charge in [-0.05, 0) is 88.1 Å². The van der Waals surface area contributed by atoms with Crippen molar-refractivity contribution in [2.24, 2.45) is 5.92 Å². The van der Waals surface area contributed by atoms with Gasteiger partial charge in [-0.1, -0.05) is 18.9 Å². The van der Waals surface area contributed by atoms with E-state index in [1.54, 1.807) is 0 Å². The number of imidazole rings is 1. The molecule has 3 heterocycles. The number of rotatable bonds is 7. The highest BCUT2D eigenvalue weighted by atomic mass is 16.1. The van der Waals surface area contributed by atoms with Crippen LogP contribution in [0.5, 0.6) is 0 Å². The molecule has 4 aromatic rings. The van der Waals surface area contributed by atoms with E-state index in [-0.39, 0.29) is 5.91 Å². The molecule has 37 heavy (non-hydrogen) atoms. The molecule has 6 rings (SSSR count). The molecular formula is C29H35N7O. The van der Waals surface area contributed by atoms with Gasteiger partial charge in [0.05, 0.1) is 23.1 Å². The number of carbonyl (C=O) groups excluding carboxylic acids is 1. The molecule has 2 aliphatic rings. The molecule has 8 nitrogen and oxygen atoms in total. The average molecular weight is 498 g/mol. The normalized spacial score (nSPS) is 17.4. The molecule has 2 aromatic heterocycles. The first kappa shape index (κ1) is 23.7. The number of aromatic nitrogens is 4. The summed E-state index contributed by atoms with van der Waals surface area (Å²) in [7, 11) is 2.17. The Labute approximate surface area is 217 Å². The molecule has 1 amide bonds. The van der Waals surface area contributed by atoms with E-state index in [0.717, 1.165) is 66.4 Å². The Morgan fingerprint density at radius 3 is 2.59 bits per heavy atom. The highest BCUT2D eigenvalue weighted by Gasteiger charge is 2.18. The number of piperidine rings is 1. The van der Waals surface area contributed by atoms with Crippen LogP contribution in [0.2, 0.25) is 0 Å². The van der Waals surface area contributed by atoms with Crippen LogP contribution in [-0.2, 0) is 6.54 Å². The first-order chi connectivity index (χ1) is 18.1. The largest absolute Gasteiger partial charge is 0.382 e. The van der Waals surface area contributed by atoms with Gasteiger partial charge in [0.1, 0.15) is 5.82 Å². The fourth-order valence-electron chi connectivity index (χ4n) is 5.67. The van der Waals surface area contributed by atoms with Crippen molar-refractivity contribution in [2.45, 2.75) is 51.1 Å². The summed E-state index contributed by atoms with van der Waals surface area (Å²) in [4.78, 5) is 19.8. The number of anilines is 2. The van der Waals surface area contributed by atoms with Crippen molar-refractivity contribution in [3.8, 4) is 11.3 Å². The number of nitrogens with one attached hydrogen (secondary N) is 3. The topological polar surface area (TPSA) is 90.9 Å². The van der Waals surface area contributed by atoms with Crippen molar-refractivity contribution in [1.82, 2.24) is 24.6 Å². The van der Waals surface area contributed by atoms with Crippen LogP contribution in [0.3, 0.4) is 0 Å². The molecule has 1 aliphatic heterocycles. The lowest BCUT2D eigenvalue weighted by atomic mass is 10.0. The fraction of sp³-hybridized carbons (Fsp3) is 0.414. The second kappa shape index (κ2) is 10.4. The molecule has 0 spiro atoms. The van der Waals surface area contributed by atoms with Gasteiger partial charge in [0, 0.05) is 35.5 Å². The minimum Gasteiger partial charge on any atom is -0.382 e. The minimum atomic E-state index is -0.161. The summed E-state index contributed by atoms with van der Waals surface area (Å²) in [6, 6.07) is 16.3. The molecule has 1 aliphatic carbocycles. The zero-order chi connectivity index (χ0) is 25.2. The van der Waals surface area contributed by atoms with Gasteiger partial charge in [0.25, 0.3) is 5.91 Å². The van der Waals surface area contributed by atoms with E-state index >= 15 is 0 Å². The number of benzene rings is 2. The summed E-state index contributed by atoms with van der Waals surface area (Å²) < 4.78 is 2.27. The van der Waals surface area contributed by atoms with Crippen molar-refractivity contribution in [3.05, 3.63) is 60.4 Å². The van der Waals surface area contributed by atoms with Gasteiger partial charge in [-0.15, -0.1) is 0 Å². The summed E-state index contributed by atoms with van der Waals surface area (Å²) in [5.41, 5.74) is 5.59. The molecule has 1 saturated carbocycles. The molecular weight excluding hydrogens is 462 g/mol. The third-order valence-corrected chi connectivity index (χ3v) is 7.91. The number of H-pyrrole nitrogens is 1. The second-order valence-electron chi connectivity index (χ2n) is 10.7. The van der Waals surface area contributed by atoms with Crippen LogP contribution in [0.15, 0.2) is 54.9 Å². The quantitative estimate of drug-likeness (QED) is 0.319. The number of carbonyl (C=O) groups is 1. The third kappa shape index (κ3) is 5.39. The number of aromatic amines is 1. The highest BCUT2D eigenvalue weighted by molar-refractivity contribution is 6.04. The molecule has 0 atom stereocenters. The van der Waals surface area contributed by atoms with Gasteiger partial charge >= 0.3 is 0 Å². The zero-order valence-corrected chi connectivity index (χ0v) is 21.4. The molecule has 192 valence electrons. The molecule has 0 bridgehead atoms. The Bertz CT molecular complexity index is 1360. The van der Waals surface area contributed by atoms with Crippen LogP contribution >= 0.6 is 0 Å². The summed E-state index contributed by atoms with van der Waals surface area (Å²) in [5.74, 6) is 1.16. The molecule has 0 radical (unpaired) electrons. The number of likely N-dealkylation sites (tertiary alicyclic amines) is 1. The van der Waals surface area contributed by atoms with Crippen LogP contribution < -0.4 is 10.6 Å². The first-order valence-corrected chi connectivity index (χ1v) is 13.5. The van der Waals surface area contributed by atoms with Crippen LogP contribution in [0.1, 0.15) is 48.9 Å². The Balaban J connectivity index is 1.10. The summed E-state index contributed by atoms with van der Waals surface area (Å²) in [6.07, 6.45) is 9.51. The van der Waals surface area contributed by atoms with Crippen molar-refractivity contribution in [1.29, 1.82) is 0 Å². The fourth-order valence-corrected chi connectivity index (χ4v) is 5.67. The minimum absolute atomic E-state index is 0.161. The van der Waals surface area contributed by atoms with Gasteiger partial charge in [0.15, 0.2) is 0 Å². The van der Waals surface area contributed by atoms with E-state index in [9.17, 15) is 4.79 Å². The van der Waals surface area contributed by atoms with E-state index in [1.165, 1.54) is 25.7 Å². The van der Waals surface area contributed by atoms with Crippen molar-refractivity contribution < 1.29 is 4.79 Å². The summed E-state index contributed by atoms with van der Waals surface area (Å²) >= 11 is 0. The standard InChI is InChI=1S/C29H35N7O/c1-35-14-12-24(13-15-35)31-23-9-6-21(7-10-23)29(37)32-28-17-26(33-34-28)22-8-11-25-27(16-22)36(19-30-25)18-20-4-2-3-5-20/h6-11,16-17,19-20,24,31H,2-5,12-15,18H2,1H3,(H2,32,33,34,37).